The Hall–Kier alpha value is 0.0249. The first-order valence-corrected chi connectivity index (χ1v) is 4.40. The van der Waals surface area contributed by atoms with Crippen LogP contribution in [0.3, 0.4) is 0 Å². The highest BCUT2D eigenvalue weighted by Gasteiger charge is 2.32. The Morgan fingerprint density at radius 1 is 1.09 bits per heavy atom. The van der Waals surface area contributed by atoms with Crippen LogP contribution in [-0.2, 0) is 0 Å². The lowest BCUT2D eigenvalue weighted by atomic mass is 9.71. The topological polar surface area (TPSA) is 12.0 Å². The van der Waals surface area contributed by atoms with Gasteiger partial charge in [-0.15, -0.1) is 0 Å². The van der Waals surface area contributed by atoms with Crippen LogP contribution in [-0.4, -0.2) is 13.5 Å². The van der Waals surface area contributed by atoms with E-state index in [1.54, 1.807) is 0 Å². The molecule has 0 bridgehead atoms. The second kappa shape index (κ2) is 3.18. The molecule has 0 rings (SSSR count). The molecule has 0 aliphatic heterocycles. The fraction of sp³-hybridized carbons (Fsp3) is 1.00. The lowest BCUT2D eigenvalue weighted by Gasteiger charge is -2.40. The zero-order valence-corrected chi connectivity index (χ0v) is 9.08. The summed E-state index contributed by atoms with van der Waals surface area (Å²) < 4.78 is 0. The average Bonchev–Trinajstić information content (AvgIpc) is 1.84. The molecule has 1 atom stereocenters. The van der Waals surface area contributed by atoms with Gasteiger partial charge in [-0.2, -0.15) is 0 Å². The van der Waals surface area contributed by atoms with Crippen molar-refractivity contribution in [1.29, 1.82) is 0 Å². The van der Waals surface area contributed by atoms with Crippen LogP contribution in [0.2, 0.25) is 0 Å². The van der Waals surface area contributed by atoms with Gasteiger partial charge in [0.1, 0.15) is 0 Å². The Bertz CT molecular complexity index is 124. The van der Waals surface area contributed by atoms with Crippen molar-refractivity contribution in [1.82, 2.24) is 5.23 Å². The van der Waals surface area contributed by atoms with Crippen LogP contribution >= 0.6 is 0 Å². The normalized spacial score (nSPS) is 16.5. The maximum absolute atomic E-state index is 3.35. The average molecular weight is 155 g/mol. The Kier molecular flexibility index (Phi) is 3.19. The third kappa shape index (κ3) is 2.86. The monoisotopic (exact) mass is 155 g/mol. The first-order chi connectivity index (χ1) is 4.72. The van der Waals surface area contributed by atoms with Gasteiger partial charge in [0.15, 0.2) is 7.98 Å². The van der Waals surface area contributed by atoms with E-state index >= 15 is 0 Å². The molecule has 0 aromatic carbocycles. The summed E-state index contributed by atoms with van der Waals surface area (Å²) in [5, 5.41) is 3.35. The van der Waals surface area contributed by atoms with Gasteiger partial charge < -0.3 is 5.23 Å². The summed E-state index contributed by atoms with van der Waals surface area (Å²) in [4.78, 5) is 0. The molecule has 0 radical (unpaired) electrons. The fourth-order valence-electron chi connectivity index (χ4n) is 1.30. The summed E-state index contributed by atoms with van der Waals surface area (Å²) in [5.41, 5.74) is 0.616. The van der Waals surface area contributed by atoms with Crippen molar-refractivity contribution in [2.24, 2.45) is 11.3 Å². The van der Waals surface area contributed by atoms with Gasteiger partial charge in [0, 0.05) is 5.54 Å². The minimum atomic E-state index is 0.234. The van der Waals surface area contributed by atoms with Crippen LogP contribution in [0.25, 0.3) is 0 Å². The van der Waals surface area contributed by atoms with Crippen molar-refractivity contribution in [3.63, 3.8) is 0 Å². The van der Waals surface area contributed by atoms with E-state index in [-0.39, 0.29) is 5.54 Å². The Balaban J connectivity index is 4.35. The first kappa shape index (κ1) is 11.0. The highest BCUT2D eigenvalue weighted by molar-refractivity contribution is 6.04. The standard InChI is InChI=1S/C9H22BN/c1-7(8(2,3)4)9(5,6)11-10/h7,11H,10H2,1-6H3. The third-order valence-electron chi connectivity index (χ3n) is 3.03. The fourth-order valence-corrected chi connectivity index (χ4v) is 1.30. The molecule has 0 spiro atoms. The smallest absolute Gasteiger partial charge is 0.182 e. The molecule has 0 aromatic rings. The molecular formula is C9H22BN. The predicted molar refractivity (Wildman–Crippen MR) is 54.4 cm³/mol. The summed E-state index contributed by atoms with van der Waals surface area (Å²) >= 11 is 0. The van der Waals surface area contributed by atoms with Crippen LogP contribution in [0.15, 0.2) is 0 Å². The van der Waals surface area contributed by atoms with Gasteiger partial charge in [-0.05, 0) is 25.2 Å². The quantitative estimate of drug-likeness (QED) is 0.597. The van der Waals surface area contributed by atoms with Gasteiger partial charge in [0.2, 0.25) is 0 Å². The molecule has 0 amide bonds. The Morgan fingerprint density at radius 3 is 1.55 bits per heavy atom. The van der Waals surface area contributed by atoms with Crippen LogP contribution in [0.1, 0.15) is 41.5 Å². The molecule has 1 N–H and O–H groups in total. The van der Waals surface area contributed by atoms with Crippen LogP contribution < -0.4 is 5.23 Å². The molecule has 0 aromatic heterocycles. The molecular weight excluding hydrogens is 133 g/mol. The van der Waals surface area contributed by atoms with Gasteiger partial charge in [0.05, 0.1) is 0 Å². The summed E-state index contributed by atoms with van der Waals surface area (Å²) in [5.74, 6) is 0.667. The van der Waals surface area contributed by atoms with Gasteiger partial charge in [-0.25, -0.2) is 0 Å². The number of hydrogen-bond donors (Lipinski definition) is 1. The lowest BCUT2D eigenvalue weighted by molar-refractivity contribution is 0.158. The highest BCUT2D eigenvalue weighted by Crippen LogP contribution is 2.33. The predicted octanol–water partition coefficient (Wildman–Crippen LogP) is 1.58. The molecule has 66 valence electrons. The number of rotatable bonds is 2. The van der Waals surface area contributed by atoms with E-state index < -0.39 is 0 Å². The van der Waals surface area contributed by atoms with E-state index in [2.05, 4.69) is 46.8 Å². The third-order valence-corrected chi connectivity index (χ3v) is 3.03. The largest absolute Gasteiger partial charge is 0.357 e. The molecule has 1 unspecified atom stereocenters. The number of nitrogens with one attached hydrogen (secondary N) is 1. The first-order valence-electron chi connectivity index (χ1n) is 4.40. The molecule has 11 heavy (non-hydrogen) atoms. The summed E-state index contributed by atoms with van der Waals surface area (Å²) in [7, 11) is 2.03. The van der Waals surface area contributed by atoms with Crippen molar-refractivity contribution >= 4 is 7.98 Å². The molecule has 0 saturated carbocycles. The molecule has 0 aliphatic carbocycles. The van der Waals surface area contributed by atoms with Crippen molar-refractivity contribution in [2.75, 3.05) is 0 Å². The van der Waals surface area contributed by atoms with Crippen LogP contribution in [0.4, 0.5) is 0 Å². The maximum Gasteiger partial charge on any atom is 0.182 e. The zero-order chi connectivity index (χ0) is 9.28. The zero-order valence-electron chi connectivity index (χ0n) is 9.08. The van der Waals surface area contributed by atoms with Gasteiger partial charge in [0.25, 0.3) is 0 Å². The van der Waals surface area contributed by atoms with Crippen molar-refractivity contribution < 1.29 is 0 Å². The van der Waals surface area contributed by atoms with Crippen molar-refractivity contribution in [3.8, 4) is 0 Å². The van der Waals surface area contributed by atoms with Crippen LogP contribution in [0, 0.1) is 11.3 Å². The van der Waals surface area contributed by atoms with E-state index in [9.17, 15) is 0 Å². The lowest BCUT2D eigenvalue weighted by Crippen LogP contribution is -2.48. The number of hydrogen-bond acceptors (Lipinski definition) is 1. The summed E-state index contributed by atoms with van der Waals surface area (Å²) in [6, 6.07) is 0. The molecule has 0 heterocycles. The van der Waals surface area contributed by atoms with E-state index in [0.717, 1.165) is 0 Å². The van der Waals surface area contributed by atoms with Crippen LogP contribution in [0.5, 0.6) is 0 Å². The minimum absolute atomic E-state index is 0.234. The van der Waals surface area contributed by atoms with Crippen molar-refractivity contribution in [2.45, 2.75) is 47.1 Å². The molecule has 1 nitrogen and oxygen atoms in total. The molecule has 0 aliphatic rings. The maximum atomic E-state index is 3.35. The van der Waals surface area contributed by atoms with Gasteiger partial charge in [-0.1, -0.05) is 27.7 Å². The van der Waals surface area contributed by atoms with Crippen molar-refractivity contribution in [3.05, 3.63) is 0 Å². The molecule has 0 saturated heterocycles. The second-order valence-corrected chi connectivity index (χ2v) is 5.06. The molecule has 0 fully saturated rings. The summed E-state index contributed by atoms with van der Waals surface area (Å²) in [6.07, 6.45) is 0. The van der Waals surface area contributed by atoms with E-state index in [1.165, 1.54) is 0 Å². The van der Waals surface area contributed by atoms with E-state index in [1.807, 2.05) is 7.98 Å². The van der Waals surface area contributed by atoms with E-state index in [0.29, 0.717) is 11.3 Å². The SMILES string of the molecule is BNC(C)(C)C(C)C(C)(C)C. The summed E-state index contributed by atoms with van der Waals surface area (Å²) in [6.45, 7) is 13.7. The Labute approximate surface area is 72.4 Å². The molecule has 2 heteroatoms. The minimum Gasteiger partial charge on any atom is -0.357 e. The second-order valence-electron chi connectivity index (χ2n) is 5.06. The van der Waals surface area contributed by atoms with E-state index in [4.69, 9.17) is 0 Å². The Morgan fingerprint density at radius 2 is 1.45 bits per heavy atom. The highest BCUT2D eigenvalue weighted by atomic mass is 14.9. The van der Waals surface area contributed by atoms with Gasteiger partial charge in [-0.3, -0.25) is 0 Å². The van der Waals surface area contributed by atoms with Gasteiger partial charge >= 0.3 is 0 Å².